The SMILES string of the molecule is CN(C)c1ccc(/C=C/CN2CCCCCC2)cc1. The molecule has 104 valence electrons. The Balaban J connectivity index is 1.84. The number of anilines is 1. The van der Waals surface area contributed by atoms with Gasteiger partial charge in [-0.25, -0.2) is 0 Å². The summed E-state index contributed by atoms with van der Waals surface area (Å²) in [6, 6.07) is 8.72. The number of nitrogens with zero attached hydrogens (tertiary/aromatic N) is 2. The van der Waals surface area contributed by atoms with Crippen LogP contribution >= 0.6 is 0 Å². The van der Waals surface area contributed by atoms with E-state index in [4.69, 9.17) is 0 Å². The number of benzene rings is 1. The minimum absolute atomic E-state index is 1.09. The molecule has 1 aliphatic rings. The summed E-state index contributed by atoms with van der Waals surface area (Å²) in [5.74, 6) is 0. The van der Waals surface area contributed by atoms with Gasteiger partial charge in [0, 0.05) is 26.3 Å². The smallest absolute Gasteiger partial charge is 0.0361 e. The molecule has 0 unspecified atom stereocenters. The Labute approximate surface area is 117 Å². The molecule has 0 bridgehead atoms. The Bertz CT molecular complexity index is 384. The molecule has 1 saturated heterocycles. The average Bonchev–Trinajstić information content (AvgIpc) is 2.68. The van der Waals surface area contributed by atoms with Gasteiger partial charge in [0.1, 0.15) is 0 Å². The number of hydrogen-bond acceptors (Lipinski definition) is 2. The highest BCUT2D eigenvalue weighted by Crippen LogP contribution is 2.13. The van der Waals surface area contributed by atoms with Gasteiger partial charge in [-0.3, -0.25) is 4.90 Å². The van der Waals surface area contributed by atoms with E-state index in [1.165, 1.54) is 50.0 Å². The Morgan fingerprint density at radius 3 is 2.21 bits per heavy atom. The van der Waals surface area contributed by atoms with Crippen LogP contribution in [0.5, 0.6) is 0 Å². The van der Waals surface area contributed by atoms with Crippen molar-refractivity contribution in [2.45, 2.75) is 25.7 Å². The predicted molar refractivity (Wildman–Crippen MR) is 84.7 cm³/mol. The van der Waals surface area contributed by atoms with Gasteiger partial charge in [0.15, 0.2) is 0 Å². The van der Waals surface area contributed by atoms with E-state index >= 15 is 0 Å². The van der Waals surface area contributed by atoms with Crippen LogP contribution in [-0.2, 0) is 0 Å². The number of likely N-dealkylation sites (tertiary alicyclic amines) is 1. The number of rotatable bonds is 4. The van der Waals surface area contributed by atoms with Crippen molar-refractivity contribution in [3.8, 4) is 0 Å². The first kappa shape index (κ1) is 14.1. The van der Waals surface area contributed by atoms with Crippen LogP contribution in [0.4, 0.5) is 5.69 Å². The zero-order valence-corrected chi connectivity index (χ0v) is 12.3. The molecule has 2 nitrogen and oxygen atoms in total. The minimum Gasteiger partial charge on any atom is -0.378 e. The van der Waals surface area contributed by atoms with Gasteiger partial charge in [-0.2, -0.15) is 0 Å². The second-order valence-electron chi connectivity index (χ2n) is 5.60. The molecule has 2 rings (SSSR count). The van der Waals surface area contributed by atoms with Gasteiger partial charge < -0.3 is 4.90 Å². The van der Waals surface area contributed by atoms with E-state index in [1.54, 1.807) is 0 Å². The first-order valence-corrected chi connectivity index (χ1v) is 7.42. The minimum atomic E-state index is 1.09. The van der Waals surface area contributed by atoms with E-state index in [9.17, 15) is 0 Å². The fraction of sp³-hybridized carbons (Fsp3) is 0.529. The van der Waals surface area contributed by atoms with Crippen molar-refractivity contribution in [1.29, 1.82) is 0 Å². The van der Waals surface area contributed by atoms with E-state index in [0.717, 1.165) is 6.54 Å². The van der Waals surface area contributed by atoms with Crippen LogP contribution in [0.1, 0.15) is 31.2 Å². The van der Waals surface area contributed by atoms with Gasteiger partial charge in [-0.05, 0) is 43.6 Å². The summed E-state index contributed by atoms with van der Waals surface area (Å²) in [5.41, 5.74) is 2.55. The lowest BCUT2D eigenvalue weighted by Gasteiger charge is -2.17. The molecule has 0 amide bonds. The Kier molecular flexibility index (Phi) is 5.46. The summed E-state index contributed by atoms with van der Waals surface area (Å²) in [6.07, 6.45) is 10.1. The van der Waals surface area contributed by atoms with Crippen LogP contribution in [0.2, 0.25) is 0 Å². The molecule has 1 aromatic carbocycles. The Hall–Kier alpha value is -1.28. The quantitative estimate of drug-likeness (QED) is 0.813. The van der Waals surface area contributed by atoms with E-state index in [2.05, 4.69) is 60.3 Å². The summed E-state index contributed by atoms with van der Waals surface area (Å²) >= 11 is 0. The van der Waals surface area contributed by atoms with Gasteiger partial charge in [-0.15, -0.1) is 0 Å². The third kappa shape index (κ3) is 4.71. The first-order chi connectivity index (χ1) is 9.25. The van der Waals surface area contributed by atoms with Crippen LogP contribution in [-0.4, -0.2) is 38.6 Å². The highest BCUT2D eigenvalue weighted by atomic mass is 15.1. The maximum Gasteiger partial charge on any atom is 0.0361 e. The van der Waals surface area contributed by atoms with Crippen molar-refractivity contribution in [2.75, 3.05) is 38.6 Å². The molecule has 1 heterocycles. The van der Waals surface area contributed by atoms with E-state index in [1.807, 2.05) is 0 Å². The third-order valence-corrected chi connectivity index (χ3v) is 3.78. The second-order valence-corrected chi connectivity index (χ2v) is 5.60. The van der Waals surface area contributed by atoms with Crippen molar-refractivity contribution in [3.63, 3.8) is 0 Å². The highest BCUT2D eigenvalue weighted by Gasteiger charge is 2.06. The van der Waals surface area contributed by atoms with Gasteiger partial charge in [0.2, 0.25) is 0 Å². The third-order valence-electron chi connectivity index (χ3n) is 3.78. The molecule has 1 aliphatic heterocycles. The molecule has 0 atom stereocenters. The highest BCUT2D eigenvalue weighted by molar-refractivity contribution is 5.55. The van der Waals surface area contributed by atoms with Crippen LogP contribution in [0, 0.1) is 0 Å². The summed E-state index contributed by atoms with van der Waals surface area (Å²) < 4.78 is 0. The molecule has 0 saturated carbocycles. The molecule has 0 N–H and O–H groups in total. The van der Waals surface area contributed by atoms with Crippen LogP contribution < -0.4 is 4.90 Å². The van der Waals surface area contributed by atoms with E-state index < -0.39 is 0 Å². The van der Waals surface area contributed by atoms with Crippen molar-refractivity contribution in [2.24, 2.45) is 0 Å². The second kappa shape index (κ2) is 7.34. The van der Waals surface area contributed by atoms with Crippen molar-refractivity contribution in [1.82, 2.24) is 4.90 Å². The lowest BCUT2D eigenvalue weighted by atomic mass is 10.2. The molecular formula is C17H26N2. The van der Waals surface area contributed by atoms with Crippen molar-refractivity contribution >= 4 is 11.8 Å². The van der Waals surface area contributed by atoms with Gasteiger partial charge in [0.05, 0.1) is 0 Å². The normalized spacial score (nSPS) is 17.6. The number of hydrogen-bond donors (Lipinski definition) is 0. The van der Waals surface area contributed by atoms with Crippen LogP contribution in [0.15, 0.2) is 30.3 Å². The van der Waals surface area contributed by atoms with Crippen molar-refractivity contribution < 1.29 is 0 Å². The predicted octanol–water partition coefficient (Wildman–Crippen LogP) is 3.64. The molecule has 19 heavy (non-hydrogen) atoms. The zero-order chi connectivity index (χ0) is 13.5. The summed E-state index contributed by atoms with van der Waals surface area (Å²) in [5, 5.41) is 0. The van der Waals surface area contributed by atoms with Gasteiger partial charge in [-0.1, -0.05) is 37.1 Å². The van der Waals surface area contributed by atoms with Gasteiger partial charge in [0.25, 0.3) is 0 Å². The van der Waals surface area contributed by atoms with Gasteiger partial charge >= 0.3 is 0 Å². The van der Waals surface area contributed by atoms with Crippen molar-refractivity contribution in [3.05, 3.63) is 35.9 Å². The topological polar surface area (TPSA) is 6.48 Å². The molecule has 1 fully saturated rings. The Morgan fingerprint density at radius 1 is 1.00 bits per heavy atom. The monoisotopic (exact) mass is 258 g/mol. The fourth-order valence-electron chi connectivity index (χ4n) is 2.54. The molecule has 0 radical (unpaired) electrons. The lowest BCUT2D eigenvalue weighted by Crippen LogP contribution is -2.24. The molecule has 0 spiro atoms. The molecule has 1 aromatic rings. The average molecular weight is 258 g/mol. The molecular weight excluding hydrogens is 232 g/mol. The fourth-order valence-corrected chi connectivity index (χ4v) is 2.54. The summed E-state index contributed by atoms with van der Waals surface area (Å²) in [7, 11) is 4.15. The zero-order valence-electron chi connectivity index (χ0n) is 12.3. The largest absolute Gasteiger partial charge is 0.378 e. The summed E-state index contributed by atoms with van der Waals surface area (Å²) in [6.45, 7) is 3.63. The first-order valence-electron chi connectivity index (χ1n) is 7.42. The lowest BCUT2D eigenvalue weighted by molar-refractivity contribution is 0.316. The maximum absolute atomic E-state index is 2.57. The van der Waals surface area contributed by atoms with Crippen LogP contribution in [0.3, 0.4) is 0 Å². The van der Waals surface area contributed by atoms with E-state index in [-0.39, 0.29) is 0 Å². The Morgan fingerprint density at radius 2 is 1.63 bits per heavy atom. The maximum atomic E-state index is 2.57. The molecule has 0 aliphatic carbocycles. The standard InChI is InChI=1S/C17H26N2/c1-18(2)17-11-9-16(10-12-17)8-7-15-19-13-5-3-4-6-14-19/h7-12H,3-6,13-15H2,1-2H3/b8-7+. The summed E-state index contributed by atoms with van der Waals surface area (Å²) in [4.78, 5) is 4.70. The molecule has 2 heteroatoms. The molecule has 0 aromatic heterocycles. The van der Waals surface area contributed by atoms with E-state index in [0.29, 0.717) is 0 Å². The van der Waals surface area contributed by atoms with Crippen LogP contribution in [0.25, 0.3) is 6.08 Å².